The van der Waals surface area contributed by atoms with Crippen LogP contribution < -0.4 is 9.62 Å². The summed E-state index contributed by atoms with van der Waals surface area (Å²) in [5.74, 6) is -0.979. The van der Waals surface area contributed by atoms with Gasteiger partial charge < -0.3 is 5.32 Å². The summed E-state index contributed by atoms with van der Waals surface area (Å²) in [5.41, 5.74) is 2.61. The number of carbonyl (C=O) groups is 1. The Hall–Kier alpha value is -2.45. The number of rotatable bonds is 6. The number of anilines is 2. The zero-order valence-corrected chi connectivity index (χ0v) is 16.0. The standard InChI is InChI=1S/C18H22FN3O3S/c1-13-6-5-7-14(2)18(13)20-17(23)12-22(26(24,25)21(3)4)16-10-8-15(19)9-11-16/h5-11H,12H2,1-4H3,(H,20,23). The minimum Gasteiger partial charge on any atom is -0.324 e. The number of nitrogens with one attached hydrogen (secondary N) is 1. The van der Waals surface area contributed by atoms with Crippen LogP contribution in [0.2, 0.25) is 0 Å². The van der Waals surface area contributed by atoms with Crippen LogP contribution in [0.3, 0.4) is 0 Å². The third-order valence-corrected chi connectivity index (χ3v) is 5.71. The lowest BCUT2D eigenvalue weighted by atomic mass is 10.1. The van der Waals surface area contributed by atoms with Crippen LogP contribution in [-0.4, -0.2) is 39.3 Å². The summed E-state index contributed by atoms with van der Waals surface area (Å²) in [6.07, 6.45) is 0. The molecule has 2 aromatic rings. The number of para-hydroxylation sites is 1. The number of aryl methyl sites for hydroxylation is 2. The molecule has 0 saturated heterocycles. The predicted molar refractivity (Wildman–Crippen MR) is 101 cm³/mol. The molecule has 6 nitrogen and oxygen atoms in total. The van der Waals surface area contributed by atoms with E-state index in [9.17, 15) is 17.6 Å². The van der Waals surface area contributed by atoms with Crippen molar-refractivity contribution in [2.24, 2.45) is 0 Å². The molecule has 140 valence electrons. The molecule has 2 rings (SSSR count). The number of amides is 1. The van der Waals surface area contributed by atoms with Crippen LogP contribution in [0, 0.1) is 19.7 Å². The normalized spacial score (nSPS) is 11.5. The van der Waals surface area contributed by atoms with Gasteiger partial charge >= 0.3 is 10.2 Å². The molecule has 1 N–H and O–H groups in total. The van der Waals surface area contributed by atoms with Crippen LogP contribution in [0.15, 0.2) is 42.5 Å². The summed E-state index contributed by atoms with van der Waals surface area (Å²) in [4.78, 5) is 12.5. The molecule has 0 fully saturated rings. The highest BCUT2D eigenvalue weighted by Gasteiger charge is 2.27. The zero-order valence-electron chi connectivity index (χ0n) is 15.2. The van der Waals surface area contributed by atoms with Crippen LogP contribution >= 0.6 is 0 Å². The van der Waals surface area contributed by atoms with Gasteiger partial charge in [0.1, 0.15) is 12.4 Å². The van der Waals surface area contributed by atoms with E-state index in [0.29, 0.717) is 5.69 Å². The summed E-state index contributed by atoms with van der Waals surface area (Å²) in [6.45, 7) is 3.29. The molecule has 0 spiro atoms. The van der Waals surface area contributed by atoms with Gasteiger partial charge in [-0.25, -0.2) is 8.70 Å². The Morgan fingerprint density at radius 3 is 2.08 bits per heavy atom. The fourth-order valence-corrected chi connectivity index (χ4v) is 3.49. The van der Waals surface area contributed by atoms with E-state index in [-0.39, 0.29) is 5.69 Å². The second-order valence-electron chi connectivity index (χ2n) is 6.09. The van der Waals surface area contributed by atoms with Gasteiger partial charge in [-0.05, 0) is 49.2 Å². The maximum absolute atomic E-state index is 13.2. The Labute approximate surface area is 153 Å². The number of nitrogens with zero attached hydrogens (tertiary/aromatic N) is 2. The van der Waals surface area contributed by atoms with E-state index in [4.69, 9.17) is 0 Å². The Morgan fingerprint density at radius 1 is 1.04 bits per heavy atom. The van der Waals surface area contributed by atoms with Crippen LogP contribution in [0.5, 0.6) is 0 Å². The average Bonchev–Trinajstić information content (AvgIpc) is 2.57. The van der Waals surface area contributed by atoms with E-state index in [1.54, 1.807) is 0 Å². The van der Waals surface area contributed by atoms with E-state index in [1.165, 1.54) is 26.2 Å². The molecule has 0 aliphatic heterocycles. The number of benzene rings is 2. The van der Waals surface area contributed by atoms with Crippen LogP contribution in [0.25, 0.3) is 0 Å². The highest BCUT2D eigenvalue weighted by atomic mass is 32.2. The Kier molecular flexibility index (Phi) is 5.99. The lowest BCUT2D eigenvalue weighted by Gasteiger charge is -2.27. The Bertz CT molecular complexity index is 876. The summed E-state index contributed by atoms with van der Waals surface area (Å²) >= 11 is 0. The zero-order chi connectivity index (χ0) is 19.5. The van der Waals surface area contributed by atoms with Gasteiger partial charge in [-0.2, -0.15) is 12.7 Å². The van der Waals surface area contributed by atoms with Crippen LogP contribution in [0.1, 0.15) is 11.1 Å². The molecule has 0 heterocycles. The van der Waals surface area contributed by atoms with Crippen molar-refractivity contribution >= 4 is 27.5 Å². The van der Waals surface area contributed by atoms with Crippen molar-refractivity contribution in [2.45, 2.75) is 13.8 Å². The predicted octanol–water partition coefficient (Wildman–Crippen LogP) is 2.69. The second kappa shape index (κ2) is 7.84. The first-order valence-corrected chi connectivity index (χ1v) is 9.34. The molecule has 0 aliphatic rings. The molecule has 26 heavy (non-hydrogen) atoms. The molecule has 0 radical (unpaired) electrons. The molecule has 0 unspecified atom stereocenters. The molecule has 0 aliphatic carbocycles. The number of hydrogen-bond donors (Lipinski definition) is 1. The van der Waals surface area contributed by atoms with Crippen molar-refractivity contribution in [2.75, 3.05) is 30.3 Å². The first-order valence-electron chi connectivity index (χ1n) is 7.94. The lowest BCUT2D eigenvalue weighted by molar-refractivity contribution is -0.114. The molecule has 0 atom stereocenters. The van der Waals surface area contributed by atoms with Gasteiger partial charge in [0.15, 0.2) is 0 Å². The number of hydrogen-bond acceptors (Lipinski definition) is 3. The monoisotopic (exact) mass is 379 g/mol. The molecule has 0 bridgehead atoms. The fraction of sp³-hybridized carbons (Fsp3) is 0.278. The molecular formula is C18H22FN3O3S. The van der Waals surface area contributed by atoms with Crippen molar-refractivity contribution in [3.63, 3.8) is 0 Å². The summed E-state index contributed by atoms with van der Waals surface area (Å²) in [6, 6.07) is 10.5. The topological polar surface area (TPSA) is 69.7 Å². The minimum atomic E-state index is -3.93. The largest absolute Gasteiger partial charge is 0.324 e. The molecule has 0 saturated carbocycles. The van der Waals surface area contributed by atoms with Crippen molar-refractivity contribution in [3.8, 4) is 0 Å². The highest BCUT2D eigenvalue weighted by molar-refractivity contribution is 7.90. The van der Waals surface area contributed by atoms with Gasteiger partial charge in [-0.3, -0.25) is 4.79 Å². The first kappa shape index (κ1) is 19.9. The third-order valence-electron chi connectivity index (χ3n) is 3.89. The van der Waals surface area contributed by atoms with Crippen molar-refractivity contribution < 1.29 is 17.6 Å². The summed E-state index contributed by atoms with van der Waals surface area (Å²) in [7, 11) is -1.19. The Balaban J connectivity index is 2.32. The molecule has 1 amide bonds. The van der Waals surface area contributed by atoms with Gasteiger partial charge in [-0.15, -0.1) is 0 Å². The van der Waals surface area contributed by atoms with Crippen molar-refractivity contribution in [3.05, 3.63) is 59.4 Å². The van der Waals surface area contributed by atoms with E-state index in [0.717, 1.165) is 31.9 Å². The summed E-state index contributed by atoms with van der Waals surface area (Å²) in [5, 5.41) is 2.76. The number of halogens is 1. The number of carbonyl (C=O) groups excluding carboxylic acids is 1. The molecular weight excluding hydrogens is 357 g/mol. The first-order chi connectivity index (χ1) is 12.1. The SMILES string of the molecule is Cc1cccc(C)c1NC(=O)CN(c1ccc(F)cc1)S(=O)(=O)N(C)C. The van der Waals surface area contributed by atoms with E-state index < -0.39 is 28.5 Å². The van der Waals surface area contributed by atoms with Gasteiger partial charge in [-0.1, -0.05) is 18.2 Å². The third kappa shape index (κ3) is 4.39. The fourth-order valence-electron chi connectivity index (χ4n) is 2.43. The minimum absolute atomic E-state index is 0.205. The Morgan fingerprint density at radius 2 is 1.58 bits per heavy atom. The van der Waals surface area contributed by atoms with Gasteiger partial charge in [0.2, 0.25) is 5.91 Å². The molecule has 8 heteroatoms. The quantitative estimate of drug-likeness (QED) is 0.839. The maximum Gasteiger partial charge on any atom is 0.304 e. The van der Waals surface area contributed by atoms with Gasteiger partial charge in [0.25, 0.3) is 0 Å². The van der Waals surface area contributed by atoms with Crippen molar-refractivity contribution in [1.29, 1.82) is 0 Å². The van der Waals surface area contributed by atoms with Gasteiger partial charge in [0, 0.05) is 19.8 Å². The van der Waals surface area contributed by atoms with E-state index in [2.05, 4.69) is 5.32 Å². The van der Waals surface area contributed by atoms with E-state index in [1.807, 2.05) is 32.0 Å². The van der Waals surface area contributed by atoms with Crippen molar-refractivity contribution in [1.82, 2.24) is 4.31 Å². The average molecular weight is 379 g/mol. The van der Waals surface area contributed by atoms with Crippen LogP contribution in [0.4, 0.5) is 15.8 Å². The highest BCUT2D eigenvalue weighted by Crippen LogP contribution is 2.22. The van der Waals surface area contributed by atoms with E-state index >= 15 is 0 Å². The maximum atomic E-state index is 13.2. The van der Waals surface area contributed by atoms with Crippen LogP contribution in [-0.2, 0) is 15.0 Å². The lowest BCUT2D eigenvalue weighted by Crippen LogP contribution is -2.44. The second-order valence-corrected chi connectivity index (χ2v) is 8.15. The smallest absolute Gasteiger partial charge is 0.304 e. The molecule has 0 aromatic heterocycles. The molecule has 2 aromatic carbocycles. The summed E-state index contributed by atoms with van der Waals surface area (Å²) < 4.78 is 40.4. The van der Waals surface area contributed by atoms with Gasteiger partial charge in [0.05, 0.1) is 5.69 Å².